The molecule has 2 aliphatic rings. The number of halogens is 1. The highest BCUT2D eigenvalue weighted by molar-refractivity contribution is 9.10. The van der Waals surface area contributed by atoms with E-state index in [1.54, 1.807) is 34.9 Å². The summed E-state index contributed by atoms with van der Waals surface area (Å²) < 4.78 is 34.7. The minimum Gasteiger partial charge on any atom is -0.489 e. The van der Waals surface area contributed by atoms with Crippen LogP contribution in [0, 0.1) is 0 Å². The third-order valence-corrected chi connectivity index (χ3v) is 7.97. The molecule has 0 saturated carbocycles. The van der Waals surface area contributed by atoms with Gasteiger partial charge in [0.1, 0.15) is 11.9 Å². The van der Waals surface area contributed by atoms with Gasteiger partial charge in [-0.2, -0.15) is 4.31 Å². The Kier molecular flexibility index (Phi) is 4.56. The summed E-state index contributed by atoms with van der Waals surface area (Å²) in [7, 11) is -3.51. The summed E-state index contributed by atoms with van der Waals surface area (Å²) in [6.45, 7) is 0. The van der Waals surface area contributed by atoms with Crippen LogP contribution in [0.25, 0.3) is 0 Å². The van der Waals surface area contributed by atoms with E-state index in [0.29, 0.717) is 9.37 Å². The van der Waals surface area contributed by atoms with E-state index in [1.807, 2.05) is 18.2 Å². The fourth-order valence-corrected chi connectivity index (χ4v) is 6.81. The normalized spacial score (nSPS) is 26.5. The fraction of sp³-hybridized carbons (Fsp3) is 0.389. The van der Waals surface area contributed by atoms with Crippen molar-refractivity contribution in [2.75, 3.05) is 0 Å². The number of hydrogen-bond acceptors (Lipinski definition) is 4. The number of pyridine rings is 1. The fourth-order valence-electron chi connectivity index (χ4n) is 3.95. The first-order valence-electron chi connectivity index (χ1n) is 8.40. The number of hydrogen-bond donors (Lipinski definition) is 0. The number of fused-ring (bicyclic) bond motifs is 2. The maximum Gasteiger partial charge on any atom is 0.244 e. The number of sulfonamides is 1. The highest BCUT2D eigenvalue weighted by atomic mass is 79.9. The molecule has 2 atom stereocenters. The minimum absolute atomic E-state index is 0.00229. The van der Waals surface area contributed by atoms with Crippen molar-refractivity contribution in [1.82, 2.24) is 9.29 Å². The third kappa shape index (κ3) is 3.20. The Morgan fingerprint density at radius 3 is 2.44 bits per heavy atom. The van der Waals surface area contributed by atoms with Crippen molar-refractivity contribution in [2.24, 2.45) is 0 Å². The van der Waals surface area contributed by atoms with Gasteiger partial charge in [-0.1, -0.05) is 12.1 Å². The zero-order chi connectivity index (χ0) is 17.4. The van der Waals surface area contributed by atoms with Crippen molar-refractivity contribution in [3.8, 4) is 5.75 Å². The number of piperidine rings is 1. The van der Waals surface area contributed by atoms with E-state index >= 15 is 0 Å². The molecule has 1 aromatic carbocycles. The molecule has 3 heterocycles. The van der Waals surface area contributed by atoms with Gasteiger partial charge >= 0.3 is 0 Å². The Balaban J connectivity index is 1.56. The van der Waals surface area contributed by atoms with E-state index in [9.17, 15) is 8.42 Å². The summed E-state index contributed by atoms with van der Waals surface area (Å²) in [5.74, 6) is 0.744. The molecular formula is C18H19BrN2O3S. The molecule has 7 heteroatoms. The molecule has 0 N–H and O–H groups in total. The Morgan fingerprint density at radius 2 is 1.80 bits per heavy atom. The van der Waals surface area contributed by atoms with Crippen LogP contribution >= 0.6 is 15.9 Å². The second-order valence-corrected chi connectivity index (χ2v) is 9.22. The van der Waals surface area contributed by atoms with Crippen LogP contribution in [0.2, 0.25) is 0 Å². The number of aromatic nitrogens is 1. The molecule has 4 rings (SSSR count). The molecule has 0 spiro atoms. The number of benzene rings is 1. The van der Waals surface area contributed by atoms with Crippen molar-refractivity contribution in [3.63, 3.8) is 0 Å². The van der Waals surface area contributed by atoms with Crippen LogP contribution in [0.1, 0.15) is 25.7 Å². The van der Waals surface area contributed by atoms with Gasteiger partial charge in [0, 0.05) is 35.6 Å². The van der Waals surface area contributed by atoms with Gasteiger partial charge in [0.2, 0.25) is 10.0 Å². The van der Waals surface area contributed by atoms with Gasteiger partial charge in [0.25, 0.3) is 0 Å². The third-order valence-electron chi connectivity index (χ3n) is 4.95. The van der Waals surface area contributed by atoms with E-state index in [1.165, 1.54) is 0 Å². The topological polar surface area (TPSA) is 59.5 Å². The molecule has 132 valence electrons. The van der Waals surface area contributed by atoms with Gasteiger partial charge in [0.05, 0.1) is 11.1 Å². The SMILES string of the molecule is O=S(=O)(c1ccccc1Br)N1[C@H]2CC[C@H]1CC(Oc1cccnc1)C2. The molecule has 2 bridgehead atoms. The quantitative estimate of drug-likeness (QED) is 0.754. The summed E-state index contributed by atoms with van der Waals surface area (Å²) in [5.41, 5.74) is 0. The average molecular weight is 423 g/mol. The van der Waals surface area contributed by atoms with Crippen molar-refractivity contribution < 1.29 is 13.2 Å². The molecule has 1 aromatic heterocycles. The van der Waals surface area contributed by atoms with Crippen LogP contribution in [0.3, 0.4) is 0 Å². The number of nitrogens with zero attached hydrogens (tertiary/aromatic N) is 2. The smallest absolute Gasteiger partial charge is 0.244 e. The monoisotopic (exact) mass is 422 g/mol. The molecule has 5 nitrogen and oxygen atoms in total. The van der Waals surface area contributed by atoms with Crippen LogP contribution in [0.4, 0.5) is 0 Å². The van der Waals surface area contributed by atoms with Crippen LogP contribution in [-0.2, 0) is 10.0 Å². The van der Waals surface area contributed by atoms with E-state index < -0.39 is 10.0 Å². The minimum atomic E-state index is -3.51. The van der Waals surface area contributed by atoms with Gasteiger partial charge < -0.3 is 4.74 Å². The maximum absolute atomic E-state index is 13.2. The van der Waals surface area contributed by atoms with Gasteiger partial charge in [0.15, 0.2) is 0 Å². The van der Waals surface area contributed by atoms with E-state index in [2.05, 4.69) is 20.9 Å². The number of rotatable bonds is 4. The molecule has 0 radical (unpaired) electrons. The first kappa shape index (κ1) is 17.0. The Morgan fingerprint density at radius 1 is 1.08 bits per heavy atom. The lowest BCUT2D eigenvalue weighted by Crippen LogP contribution is -2.49. The Labute approximate surface area is 156 Å². The lowest BCUT2D eigenvalue weighted by Gasteiger charge is -2.37. The van der Waals surface area contributed by atoms with Gasteiger partial charge in [-0.3, -0.25) is 4.98 Å². The van der Waals surface area contributed by atoms with Gasteiger partial charge in [-0.05, 0) is 53.0 Å². The summed E-state index contributed by atoms with van der Waals surface area (Å²) >= 11 is 3.38. The highest BCUT2D eigenvalue weighted by Gasteiger charge is 2.48. The van der Waals surface area contributed by atoms with Crippen LogP contribution in [0.15, 0.2) is 58.2 Å². The standard InChI is InChI=1S/C18H19BrN2O3S/c19-17-5-1-2-6-18(17)25(22,23)21-13-7-8-14(21)11-16(10-13)24-15-4-3-9-20-12-15/h1-6,9,12-14,16H,7-8,10-11H2/t13-,14-/m0/s1. The maximum atomic E-state index is 13.2. The molecule has 2 aliphatic heterocycles. The molecule has 0 aliphatic carbocycles. The largest absolute Gasteiger partial charge is 0.489 e. The van der Waals surface area contributed by atoms with Crippen molar-refractivity contribution in [1.29, 1.82) is 0 Å². The summed E-state index contributed by atoms with van der Waals surface area (Å²) in [4.78, 5) is 4.42. The average Bonchev–Trinajstić information content (AvgIpc) is 2.89. The molecule has 0 amide bonds. The number of ether oxygens (including phenoxy) is 1. The summed E-state index contributed by atoms with van der Waals surface area (Å²) in [6.07, 6.45) is 6.66. The molecule has 2 aromatic rings. The molecule has 2 fully saturated rings. The molecular weight excluding hydrogens is 404 g/mol. The summed E-state index contributed by atoms with van der Waals surface area (Å²) in [5, 5.41) is 0. The van der Waals surface area contributed by atoms with Crippen molar-refractivity contribution >= 4 is 26.0 Å². The summed E-state index contributed by atoms with van der Waals surface area (Å²) in [6, 6.07) is 10.7. The van der Waals surface area contributed by atoms with Gasteiger partial charge in [-0.25, -0.2) is 8.42 Å². The van der Waals surface area contributed by atoms with E-state index in [0.717, 1.165) is 31.4 Å². The Hall–Kier alpha value is -1.44. The van der Waals surface area contributed by atoms with Crippen LogP contribution in [0.5, 0.6) is 5.75 Å². The van der Waals surface area contributed by atoms with E-state index in [-0.39, 0.29) is 18.2 Å². The highest BCUT2D eigenvalue weighted by Crippen LogP contribution is 2.41. The van der Waals surface area contributed by atoms with Crippen molar-refractivity contribution in [3.05, 3.63) is 53.3 Å². The Bertz CT molecular complexity index is 846. The lowest BCUT2D eigenvalue weighted by atomic mass is 10.0. The van der Waals surface area contributed by atoms with Crippen molar-refractivity contribution in [2.45, 2.75) is 48.8 Å². The second kappa shape index (κ2) is 6.70. The van der Waals surface area contributed by atoms with Crippen LogP contribution < -0.4 is 4.74 Å². The van der Waals surface area contributed by atoms with Gasteiger partial charge in [-0.15, -0.1) is 0 Å². The predicted molar refractivity (Wildman–Crippen MR) is 97.9 cm³/mol. The second-order valence-electron chi connectivity index (χ2n) is 6.55. The zero-order valence-electron chi connectivity index (χ0n) is 13.6. The van der Waals surface area contributed by atoms with Crippen LogP contribution in [-0.4, -0.2) is 35.9 Å². The first-order chi connectivity index (χ1) is 12.1. The predicted octanol–water partition coefficient (Wildman–Crippen LogP) is 3.61. The molecule has 2 saturated heterocycles. The molecule has 25 heavy (non-hydrogen) atoms. The first-order valence-corrected chi connectivity index (χ1v) is 10.6. The zero-order valence-corrected chi connectivity index (χ0v) is 16.0. The lowest BCUT2D eigenvalue weighted by molar-refractivity contribution is 0.0953. The molecule has 0 unspecified atom stereocenters. The van der Waals surface area contributed by atoms with E-state index in [4.69, 9.17) is 4.74 Å².